The Bertz CT molecular complexity index is 1340. The molecule has 9 nitrogen and oxygen atoms in total. The number of aromatic amines is 1. The molecule has 3 heterocycles. The maximum atomic E-state index is 12.3. The molecule has 2 N–H and O–H groups in total. The summed E-state index contributed by atoms with van der Waals surface area (Å²) in [5.74, 6) is -0.222. The highest BCUT2D eigenvalue weighted by Gasteiger charge is 2.31. The van der Waals surface area contributed by atoms with E-state index in [4.69, 9.17) is 15.7 Å². The number of aromatic nitrogens is 3. The minimum atomic E-state index is -1.28. The Labute approximate surface area is 193 Å². The molecule has 3 aromatic rings. The highest BCUT2D eigenvalue weighted by atomic mass is 16.2. The number of carbonyl (C=O) groups is 1. The number of nitrogens with one attached hydrogen (secondary N) is 2. The van der Waals surface area contributed by atoms with Gasteiger partial charge >= 0.3 is 5.69 Å². The summed E-state index contributed by atoms with van der Waals surface area (Å²) in [6, 6.07) is 8.64. The number of amides is 1. The first-order chi connectivity index (χ1) is 15.6. The van der Waals surface area contributed by atoms with Crippen LogP contribution in [0.15, 0.2) is 39.9 Å². The molecule has 166 valence electrons. The Hall–Kier alpha value is -3.33. The number of fused-ring (bicyclic) bond motifs is 1. The molecule has 1 saturated heterocycles. The van der Waals surface area contributed by atoms with Crippen molar-refractivity contribution in [1.29, 1.82) is 0 Å². The highest BCUT2D eigenvalue weighted by molar-refractivity contribution is 6.39. The van der Waals surface area contributed by atoms with Crippen molar-refractivity contribution in [3.8, 4) is 0 Å². The van der Waals surface area contributed by atoms with Gasteiger partial charge in [-0.2, -0.15) is 0 Å². The van der Waals surface area contributed by atoms with E-state index in [9.17, 15) is 14.4 Å². The number of hydrogen-bond donors (Lipinski definition) is 2. The van der Waals surface area contributed by atoms with Crippen LogP contribution in [0, 0.1) is 6.92 Å². The molecule has 4 rings (SSSR count). The molecule has 0 aliphatic carbocycles. The summed E-state index contributed by atoms with van der Waals surface area (Å²) in [4.78, 5) is 47.4. The second-order valence-corrected chi connectivity index (χ2v) is 8.23. The Morgan fingerprint density at radius 1 is 1.12 bits per heavy atom. The van der Waals surface area contributed by atoms with Crippen LogP contribution in [0.5, 0.6) is 0 Å². The Kier molecular flexibility index (Phi) is 5.92. The highest BCUT2D eigenvalue weighted by Crippen LogP contribution is 2.27. The van der Waals surface area contributed by atoms with E-state index in [2.05, 4.69) is 20.2 Å². The van der Waals surface area contributed by atoms with Crippen molar-refractivity contribution >= 4 is 38.2 Å². The van der Waals surface area contributed by atoms with Crippen LogP contribution >= 0.6 is 0 Å². The Balaban J connectivity index is 1.54. The molecule has 33 heavy (non-hydrogen) atoms. The molecule has 1 aliphatic heterocycles. The van der Waals surface area contributed by atoms with Crippen molar-refractivity contribution in [2.45, 2.75) is 12.3 Å². The molecule has 1 fully saturated rings. The van der Waals surface area contributed by atoms with Crippen LogP contribution in [0.3, 0.4) is 0 Å². The third-order valence-corrected chi connectivity index (χ3v) is 6.22. The molecule has 0 atom stereocenters. The summed E-state index contributed by atoms with van der Waals surface area (Å²) >= 11 is 0. The van der Waals surface area contributed by atoms with Gasteiger partial charge in [-0.3, -0.25) is 14.2 Å². The molecule has 1 aromatic carbocycles. The lowest BCUT2D eigenvalue weighted by Crippen LogP contribution is -2.56. The van der Waals surface area contributed by atoms with Crippen LogP contribution in [0.2, 0.25) is 0 Å². The third-order valence-electron chi connectivity index (χ3n) is 6.22. The van der Waals surface area contributed by atoms with Gasteiger partial charge in [0.15, 0.2) is 0 Å². The zero-order chi connectivity index (χ0) is 23.9. The average Bonchev–Trinajstić information content (AvgIpc) is 2.81. The normalized spacial score (nSPS) is 15.1. The van der Waals surface area contributed by atoms with Gasteiger partial charge in [0.05, 0.1) is 38.0 Å². The van der Waals surface area contributed by atoms with Crippen LogP contribution < -0.4 is 21.5 Å². The van der Waals surface area contributed by atoms with Gasteiger partial charge in [-0.05, 0) is 42.1 Å². The van der Waals surface area contributed by atoms with Crippen molar-refractivity contribution in [2.24, 2.45) is 7.05 Å². The first-order valence-corrected chi connectivity index (χ1v) is 10.6. The van der Waals surface area contributed by atoms with Gasteiger partial charge in [0.2, 0.25) is 0 Å². The minimum Gasteiger partial charge on any atom is -0.368 e. The van der Waals surface area contributed by atoms with E-state index in [0.717, 1.165) is 15.9 Å². The fraction of sp³-hybridized carbons (Fsp3) is 0.364. The second kappa shape index (κ2) is 8.55. The van der Waals surface area contributed by atoms with Gasteiger partial charge in [-0.15, -0.1) is 0 Å². The molecular weight excluding hydrogens is 418 g/mol. The van der Waals surface area contributed by atoms with Crippen LogP contribution in [0.4, 0.5) is 5.69 Å². The topological polar surface area (TPSA) is 103 Å². The van der Waals surface area contributed by atoms with Crippen LogP contribution in [0.1, 0.15) is 21.7 Å². The van der Waals surface area contributed by atoms with Crippen molar-refractivity contribution in [1.82, 2.24) is 24.8 Å². The van der Waals surface area contributed by atoms with Gasteiger partial charge in [-0.25, -0.2) is 9.78 Å². The number of nitrogens with zero attached hydrogens (tertiary/aromatic N) is 4. The van der Waals surface area contributed by atoms with Crippen LogP contribution in [0.25, 0.3) is 10.9 Å². The lowest BCUT2D eigenvalue weighted by Gasteiger charge is -2.46. The SMILES string of the molecule is [B]C([B])(c1ccc2c(=O)n(C)c(=O)[nH]c2c1)N1CCN(c2ccc(C(=O)NC)nc2C)CC1. The van der Waals surface area contributed by atoms with E-state index >= 15 is 0 Å². The van der Waals surface area contributed by atoms with Crippen LogP contribution in [-0.2, 0) is 12.4 Å². The fourth-order valence-corrected chi connectivity index (χ4v) is 4.20. The zero-order valence-corrected chi connectivity index (χ0v) is 18.9. The molecule has 0 unspecified atom stereocenters. The van der Waals surface area contributed by atoms with E-state index in [1.165, 1.54) is 7.05 Å². The van der Waals surface area contributed by atoms with Gasteiger partial charge in [0, 0.05) is 40.3 Å². The first kappa shape index (κ1) is 22.8. The molecule has 4 radical (unpaired) electrons. The smallest absolute Gasteiger partial charge is 0.328 e. The van der Waals surface area contributed by atoms with Gasteiger partial charge < -0.3 is 20.1 Å². The number of H-pyrrole nitrogens is 1. The maximum Gasteiger partial charge on any atom is 0.328 e. The number of hydrogen-bond acceptors (Lipinski definition) is 6. The second-order valence-electron chi connectivity index (χ2n) is 8.23. The molecule has 0 bridgehead atoms. The number of carbonyl (C=O) groups excluding carboxylic acids is 1. The number of anilines is 1. The summed E-state index contributed by atoms with van der Waals surface area (Å²) in [5.41, 5.74) is 2.24. The van der Waals surface area contributed by atoms with E-state index in [0.29, 0.717) is 48.3 Å². The predicted molar refractivity (Wildman–Crippen MR) is 129 cm³/mol. The van der Waals surface area contributed by atoms with E-state index in [-0.39, 0.29) is 11.5 Å². The lowest BCUT2D eigenvalue weighted by atomic mass is 9.56. The molecule has 1 aliphatic rings. The predicted octanol–water partition coefficient (Wildman–Crippen LogP) is -0.441. The summed E-state index contributed by atoms with van der Waals surface area (Å²) in [6.07, 6.45) is 0. The maximum absolute atomic E-state index is 12.3. The summed E-state index contributed by atoms with van der Waals surface area (Å²) in [5, 5.41) is 1.69. The molecule has 2 aromatic heterocycles. The lowest BCUT2D eigenvalue weighted by molar-refractivity contribution is 0.0958. The summed E-state index contributed by atoms with van der Waals surface area (Å²) in [7, 11) is 16.1. The third kappa shape index (κ3) is 4.08. The number of rotatable bonds is 4. The van der Waals surface area contributed by atoms with Gasteiger partial charge in [0.1, 0.15) is 5.69 Å². The van der Waals surface area contributed by atoms with E-state index in [1.807, 2.05) is 17.9 Å². The molecule has 11 heteroatoms. The van der Waals surface area contributed by atoms with Gasteiger partial charge in [-0.1, -0.05) is 6.07 Å². The number of aryl methyl sites for hydroxylation is 1. The minimum absolute atomic E-state index is 0.222. The zero-order valence-electron chi connectivity index (χ0n) is 18.9. The van der Waals surface area contributed by atoms with E-state index in [1.54, 1.807) is 31.3 Å². The Morgan fingerprint density at radius 2 is 1.82 bits per heavy atom. The monoisotopic (exact) mass is 442 g/mol. The van der Waals surface area contributed by atoms with Crippen molar-refractivity contribution in [3.05, 3.63) is 68.1 Å². The fourth-order valence-electron chi connectivity index (χ4n) is 4.20. The summed E-state index contributed by atoms with van der Waals surface area (Å²) in [6.45, 7) is 4.40. The number of piperazine rings is 1. The first-order valence-electron chi connectivity index (χ1n) is 10.6. The number of pyridine rings is 1. The average molecular weight is 442 g/mol. The Morgan fingerprint density at radius 3 is 2.45 bits per heavy atom. The standard InChI is InChI=1S/C22H24B2N6O3/c1-13-18(7-6-16(26-13)19(31)25-2)29-8-10-30(11-9-29)22(23,24)14-4-5-15-17(12-14)27-21(33)28(3)20(15)32/h4-7,12H,8-11H2,1-3H3,(H,25,31)(H,27,33). The molecule has 0 saturated carbocycles. The van der Waals surface area contributed by atoms with Crippen molar-refractivity contribution < 1.29 is 4.79 Å². The number of benzene rings is 1. The molecule has 1 amide bonds. The van der Waals surface area contributed by atoms with E-state index < -0.39 is 11.0 Å². The quantitative estimate of drug-likeness (QED) is 0.532. The largest absolute Gasteiger partial charge is 0.368 e. The summed E-state index contributed by atoms with van der Waals surface area (Å²) < 4.78 is 1.03. The van der Waals surface area contributed by atoms with Gasteiger partial charge in [0.25, 0.3) is 11.5 Å². The van der Waals surface area contributed by atoms with Crippen molar-refractivity contribution in [2.75, 3.05) is 38.1 Å². The molecular formula is C22H24B2N6O3. The molecule has 0 spiro atoms. The van der Waals surface area contributed by atoms with Crippen LogP contribution in [-0.4, -0.2) is 74.3 Å². The van der Waals surface area contributed by atoms with Crippen molar-refractivity contribution in [3.63, 3.8) is 0 Å².